The lowest BCUT2D eigenvalue weighted by molar-refractivity contribution is -0.135. The fourth-order valence-electron chi connectivity index (χ4n) is 1.83. The Labute approximate surface area is 131 Å². The smallest absolute Gasteiger partial charge is 0.389 e. The average molecular weight is 381 g/mol. The van der Waals surface area contributed by atoms with E-state index in [2.05, 4.69) is 21.2 Å². The van der Waals surface area contributed by atoms with Crippen LogP contribution in [0.2, 0.25) is 0 Å². The standard InChI is InChI=1S/C13H12BrF3N2OS/c14-7-2-3-8-9(6-7)21-11(10(8)18)12(20)19-5-1-4-13(15,16)17/h2-3,6H,1,4-5,18H2,(H,19,20). The summed E-state index contributed by atoms with van der Waals surface area (Å²) in [7, 11) is 0. The molecule has 0 radical (unpaired) electrons. The molecule has 1 amide bonds. The fraction of sp³-hybridized carbons (Fsp3) is 0.308. The predicted molar refractivity (Wildman–Crippen MR) is 81.6 cm³/mol. The number of hydrogen-bond donors (Lipinski definition) is 2. The molecule has 114 valence electrons. The molecule has 1 aromatic heterocycles. The molecule has 0 unspecified atom stereocenters. The molecule has 0 aliphatic rings. The van der Waals surface area contributed by atoms with Crippen molar-refractivity contribution in [1.29, 1.82) is 0 Å². The quantitative estimate of drug-likeness (QED) is 0.776. The van der Waals surface area contributed by atoms with E-state index in [1.54, 1.807) is 6.07 Å². The van der Waals surface area contributed by atoms with Gasteiger partial charge in [0, 0.05) is 27.5 Å². The number of alkyl halides is 3. The Morgan fingerprint density at radius 3 is 2.76 bits per heavy atom. The van der Waals surface area contributed by atoms with Crippen LogP contribution in [0.4, 0.5) is 18.9 Å². The molecule has 0 atom stereocenters. The van der Waals surface area contributed by atoms with E-state index in [0.717, 1.165) is 14.6 Å². The molecular weight excluding hydrogens is 369 g/mol. The molecule has 1 heterocycles. The minimum Gasteiger partial charge on any atom is -0.397 e. The molecule has 0 fully saturated rings. The minimum absolute atomic E-state index is 0.0320. The van der Waals surface area contributed by atoms with Crippen LogP contribution >= 0.6 is 27.3 Å². The zero-order chi connectivity index (χ0) is 15.6. The lowest BCUT2D eigenvalue weighted by Gasteiger charge is -2.07. The van der Waals surface area contributed by atoms with Gasteiger partial charge < -0.3 is 11.1 Å². The minimum atomic E-state index is -4.20. The Morgan fingerprint density at radius 2 is 2.10 bits per heavy atom. The van der Waals surface area contributed by atoms with E-state index in [9.17, 15) is 18.0 Å². The Hall–Kier alpha value is -1.28. The molecule has 8 heteroatoms. The summed E-state index contributed by atoms with van der Waals surface area (Å²) in [5.74, 6) is -0.438. The van der Waals surface area contributed by atoms with Crippen molar-refractivity contribution in [3.63, 3.8) is 0 Å². The Morgan fingerprint density at radius 1 is 1.38 bits per heavy atom. The topological polar surface area (TPSA) is 55.1 Å². The van der Waals surface area contributed by atoms with Crippen molar-refractivity contribution in [2.75, 3.05) is 12.3 Å². The van der Waals surface area contributed by atoms with E-state index >= 15 is 0 Å². The van der Waals surface area contributed by atoms with Crippen LogP contribution in [0.5, 0.6) is 0 Å². The summed E-state index contributed by atoms with van der Waals surface area (Å²) >= 11 is 4.55. The number of anilines is 1. The number of carbonyl (C=O) groups excluding carboxylic acids is 1. The average Bonchev–Trinajstić information content (AvgIpc) is 2.70. The zero-order valence-electron chi connectivity index (χ0n) is 10.8. The fourth-order valence-corrected chi connectivity index (χ4v) is 3.42. The second-order valence-electron chi connectivity index (χ2n) is 4.46. The summed E-state index contributed by atoms with van der Waals surface area (Å²) in [5, 5.41) is 3.23. The third-order valence-corrected chi connectivity index (χ3v) is 4.48. The van der Waals surface area contributed by atoms with E-state index in [0.29, 0.717) is 10.6 Å². The van der Waals surface area contributed by atoms with Crippen LogP contribution in [0.15, 0.2) is 22.7 Å². The van der Waals surface area contributed by atoms with Gasteiger partial charge in [-0.25, -0.2) is 0 Å². The maximum absolute atomic E-state index is 12.0. The largest absolute Gasteiger partial charge is 0.397 e. The van der Waals surface area contributed by atoms with Gasteiger partial charge in [0.15, 0.2) is 0 Å². The van der Waals surface area contributed by atoms with Gasteiger partial charge >= 0.3 is 6.18 Å². The van der Waals surface area contributed by atoms with Gasteiger partial charge in [-0.1, -0.05) is 22.0 Å². The highest BCUT2D eigenvalue weighted by Crippen LogP contribution is 2.35. The highest BCUT2D eigenvalue weighted by molar-refractivity contribution is 9.10. The van der Waals surface area contributed by atoms with Crippen molar-refractivity contribution >= 4 is 48.9 Å². The number of fused-ring (bicyclic) bond motifs is 1. The van der Waals surface area contributed by atoms with Crippen molar-refractivity contribution in [3.8, 4) is 0 Å². The van der Waals surface area contributed by atoms with Gasteiger partial charge in [-0.3, -0.25) is 4.79 Å². The first kappa shape index (κ1) is 16.1. The van der Waals surface area contributed by atoms with E-state index in [4.69, 9.17) is 5.73 Å². The molecule has 21 heavy (non-hydrogen) atoms. The van der Waals surface area contributed by atoms with Gasteiger partial charge in [0.05, 0.1) is 5.69 Å². The summed E-state index contributed by atoms with van der Waals surface area (Å²) < 4.78 is 37.7. The summed E-state index contributed by atoms with van der Waals surface area (Å²) in [6, 6.07) is 5.46. The molecule has 0 aliphatic heterocycles. The Kier molecular flexibility index (Phi) is 4.77. The number of nitrogens with two attached hydrogens (primary N) is 1. The second kappa shape index (κ2) is 6.23. The van der Waals surface area contributed by atoms with Crippen molar-refractivity contribution in [2.24, 2.45) is 0 Å². The van der Waals surface area contributed by atoms with Gasteiger partial charge in [0.25, 0.3) is 5.91 Å². The maximum Gasteiger partial charge on any atom is 0.389 e. The van der Waals surface area contributed by atoms with Crippen LogP contribution in [-0.4, -0.2) is 18.6 Å². The van der Waals surface area contributed by atoms with Gasteiger partial charge in [-0.2, -0.15) is 13.2 Å². The lowest BCUT2D eigenvalue weighted by Crippen LogP contribution is -2.25. The number of carbonyl (C=O) groups is 1. The van der Waals surface area contributed by atoms with Gasteiger partial charge in [0.1, 0.15) is 4.88 Å². The number of halogens is 4. The first-order chi connectivity index (χ1) is 9.78. The number of nitrogen functional groups attached to an aromatic ring is 1. The second-order valence-corrected chi connectivity index (χ2v) is 6.43. The summed E-state index contributed by atoms with van der Waals surface area (Å²) in [5.41, 5.74) is 6.27. The van der Waals surface area contributed by atoms with Crippen LogP contribution in [0.1, 0.15) is 22.5 Å². The molecule has 3 nitrogen and oxygen atoms in total. The van der Waals surface area contributed by atoms with Crippen LogP contribution in [0.25, 0.3) is 10.1 Å². The van der Waals surface area contributed by atoms with Gasteiger partial charge in [-0.05, 0) is 18.6 Å². The molecule has 0 spiro atoms. The van der Waals surface area contributed by atoms with E-state index < -0.39 is 18.5 Å². The first-order valence-electron chi connectivity index (χ1n) is 6.10. The van der Waals surface area contributed by atoms with Crippen molar-refractivity contribution < 1.29 is 18.0 Å². The van der Waals surface area contributed by atoms with Crippen LogP contribution in [0.3, 0.4) is 0 Å². The number of nitrogens with one attached hydrogen (secondary N) is 1. The number of thiophene rings is 1. The van der Waals surface area contributed by atoms with Crippen molar-refractivity contribution in [3.05, 3.63) is 27.5 Å². The Bertz CT molecular complexity index is 669. The Balaban J connectivity index is 2.04. The molecular formula is C13H12BrF3N2OS. The molecule has 2 aromatic rings. The highest BCUT2D eigenvalue weighted by Gasteiger charge is 2.26. The molecule has 3 N–H and O–H groups in total. The molecule has 0 saturated heterocycles. The number of amides is 1. The van der Waals surface area contributed by atoms with E-state index in [1.165, 1.54) is 11.3 Å². The summed E-state index contributed by atoms with van der Waals surface area (Å²) in [4.78, 5) is 12.3. The van der Waals surface area contributed by atoms with Crippen LogP contribution in [0, 0.1) is 0 Å². The van der Waals surface area contributed by atoms with Crippen molar-refractivity contribution in [1.82, 2.24) is 5.32 Å². The molecule has 2 rings (SSSR count). The predicted octanol–water partition coefficient (Wildman–Crippen LogP) is 4.32. The molecule has 1 aromatic carbocycles. The maximum atomic E-state index is 12.0. The SMILES string of the molecule is Nc1c(C(=O)NCCCC(F)(F)F)sc2cc(Br)ccc12. The third kappa shape index (κ3) is 4.10. The van der Waals surface area contributed by atoms with E-state index in [-0.39, 0.29) is 13.0 Å². The molecule has 0 saturated carbocycles. The normalized spacial score (nSPS) is 11.8. The number of hydrogen-bond acceptors (Lipinski definition) is 3. The zero-order valence-corrected chi connectivity index (χ0v) is 13.2. The van der Waals surface area contributed by atoms with E-state index in [1.807, 2.05) is 12.1 Å². The first-order valence-corrected chi connectivity index (χ1v) is 7.71. The molecule has 0 aliphatic carbocycles. The summed E-state index contributed by atoms with van der Waals surface area (Å²) in [6.07, 6.45) is -5.26. The van der Waals surface area contributed by atoms with Gasteiger partial charge in [-0.15, -0.1) is 11.3 Å². The monoisotopic (exact) mass is 380 g/mol. The number of benzene rings is 1. The molecule has 0 bridgehead atoms. The number of rotatable bonds is 4. The van der Waals surface area contributed by atoms with Crippen molar-refractivity contribution in [2.45, 2.75) is 19.0 Å². The lowest BCUT2D eigenvalue weighted by atomic mass is 10.2. The van der Waals surface area contributed by atoms with Crippen LogP contribution < -0.4 is 11.1 Å². The third-order valence-electron chi connectivity index (χ3n) is 2.82. The summed E-state index contributed by atoms with van der Waals surface area (Å²) in [6.45, 7) is -0.0320. The highest BCUT2D eigenvalue weighted by atomic mass is 79.9. The van der Waals surface area contributed by atoms with Crippen LogP contribution in [-0.2, 0) is 0 Å². The van der Waals surface area contributed by atoms with Gasteiger partial charge in [0.2, 0.25) is 0 Å².